The maximum Gasteiger partial charge on any atom is 0.413 e. The van der Waals surface area contributed by atoms with Crippen molar-refractivity contribution in [1.29, 1.82) is 0 Å². The van der Waals surface area contributed by atoms with E-state index in [2.05, 4.69) is 20.9 Å². The molecule has 0 atom stereocenters. The Morgan fingerprint density at radius 2 is 1.79 bits per heavy atom. The monoisotopic (exact) mass is 469 g/mol. The van der Waals surface area contributed by atoms with E-state index >= 15 is 0 Å². The van der Waals surface area contributed by atoms with Crippen molar-refractivity contribution in [3.8, 4) is 0 Å². The molecule has 34 heavy (non-hydrogen) atoms. The average molecular weight is 470 g/mol. The SMILES string of the molecule is Cc1cc(C(=O)Nc2cnc(NC(=O)OC(C)(C)C)cc2NCc2ccccc2)cn(C)c1=O.[HH].[HH].[HH]. The zero-order valence-corrected chi connectivity index (χ0v) is 19.9. The van der Waals surface area contributed by atoms with Gasteiger partial charge in [0, 0.05) is 35.7 Å². The fourth-order valence-corrected chi connectivity index (χ4v) is 3.17. The molecule has 0 saturated carbocycles. The zero-order chi connectivity index (χ0) is 24.9. The smallest absolute Gasteiger partial charge is 0.413 e. The summed E-state index contributed by atoms with van der Waals surface area (Å²) in [4.78, 5) is 41.3. The maximum atomic E-state index is 12.9. The van der Waals surface area contributed by atoms with Gasteiger partial charge in [-0.3, -0.25) is 14.9 Å². The van der Waals surface area contributed by atoms with Crippen LogP contribution in [0.2, 0.25) is 0 Å². The Balaban J connectivity index is 0.00000432. The molecule has 0 spiro atoms. The highest BCUT2D eigenvalue weighted by molar-refractivity contribution is 6.06. The van der Waals surface area contributed by atoms with Crippen molar-refractivity contribution in [2.45, 2.75) is 39.8 Å². The molecule has 0 radical (unpaired) electrons. The summed E-state index contributed by atoms with van der Waals surface area (Å²) in [5.41, 5.74) is 1.99. The van der Waals surface area contributed by atoms with Crippen LogP contribution < -0.4 is 21.5 Å². The lowest BCUT2D eigenvalue weighted by Gasteiger charge is -2.20. The number of pyridine rings is 2. The Hall–Kier alpha value is -4.14. The molecule has 0 aliphatic heterocycles. The third kappa shape index (κ3) is 6.68. The summed E-state index contributed by atoms with van der Waals surface area (Å²) in [7, 11) is 1.59. The van der Waals surface area contributed by atoms with E-state index in [0.717, 1.165) is 5.56 Å². The van der Waals surface area contributed by atoms with Crippen LogP contribution >= 0.6 is 0 Å². The highest BCUT2D eigenvalue weighted by atomic mass is 16.6. The molecule has 1 aromatic carbocycles. The molecular formula is C25H35N5O4. The number of carbonyl (C=O) groups is 2. The van der Waals surface area contributed by atoms with Crippen molar-refractivity contribution in [2.24, 2.45) is 7.05 Å². The van der Waals surface area contributed by atoms with Gasteiger partial charge in [-0.15, -0.1) is 0 Å². The van der Waals surface area contributed by atoms with Gasteiger partial charge in [-0.05, 0) is 39.3 Å². The fourth-order valence-electron chi connectivity index (χ4n) is 3.17. The molecule has 0 fully saturated rings. The van der Waals surface area contributed by atoms with Crippen molar-refractivity contribution in [2.75, 3.05) is 16.0 Å². The Bertz CT molecular complexity index is 1240. The van der Waals surface area contributed by atoms with Crippen LogP contribution in [0.1, 0.15) is 46.5 Å². The van der Waals surface area contributed by atoms with Gasteiger partial charge in [-0.25, -0.2) is 9.78 Å². The molecule has 2 heterocycles. The number of rotatable bonds is 6. The van der Waals surface area contributed by atoms with Crippen molar-refractivity contribution in [3.63, 3.8) is 0 Å². The van der Waals surface area contributed by atoms with Crippen LogP contribution in [0.4, 0.5) is 22.0 Å². The Labute approximate surface area is 202 Å². The number of anilines is 3. The van der Waals surface area contributed by atoms with Gasteiger partial charge >= 0.3 is 6.09 Å². The highest BCUT2D eigenvalue weighted by Gasteiger charge is 2.18. The van der Waals surface area contributed by atoms with Gasteiger partial charge in [0.2, 0.25) is 0 Å². The predicted octanol–water partition coefficient (Wildman–Crippen LogP) is 5.04. The average Bonchev–Trinajstić information content (AvgIpc) is 2.76. The number of benzene rings is 1. The molecule has 0 unspecified atom stereocenters. The minimum Gasteiger partial charge on any atom is -0.444 e. The Morgan fingerprint density at radius 3 is 2.44 bits per heavy atom. The van der Waals surface area contributed by atoms with Gasteiger partial charge in [0.25, 0.3) is 11.5 Å². The minimum atomic E-state index is -0.652. The molecule has 3 rings (SSSR count). The Kier molecular flexibility index (Phi) is 7.35. The first kappa shape index (κ1) is 24.5. The number of aryl methyl sites for hydroxylation is 2. The second-order valence-corrected chi connectivity index (χ2v) is 8.86. The second-order valence-electron chi connectivity index (χ2n) is 8.86. The molecule has 0 saturated heterocycles. The lowest BCUT2D eigenvalue weighted by Crippen LogP contribution is -2.27. The molecule has 9 heteroatoms. The number of hydrogen-bond donors (Lipinski definition) is 3. The minimum absolute atomic E-state index is 0. The first-order valence-corrected chi connectivity index (χ1v) is 10.8. The van der Waals surface area contributed by atoms with E-state index in [1.807, 2.05) is 30.3 Å². The molecular weight excluding hydrogens is 434 g/mol. The van der Waals surface area contributed by atoms with Crippen LogP contribution in [-0.4, -0.2) is 27.2 Å². The van der Waals surface area contributed by atoms with Crippen LogP contribution in [0.5, 0.6) is 0 Å². The van der Waals surface area contributed by atoms with Gasteiger partial charge in [-0.1, -0.05) is 30.3 Å². The topological polar surface area (TPSA) is 114 Å². The van der Waals surface area contributed by atoms with E-state index in [-0.39, 0.29) is 15.7 Å². The molecule has 0 aliphatic carbocycles. The summed E-state index contributed by atoms with van der Waals surface area (Å²) in [6, 6.07) is 12.9. The quantitative estimate of drug-likeness (QED) is 0.466. The third-order valence-corrected chi connectivity index (χ3v) is 4.73. The summed E-state index contributed by atoms with van der Waals surface area (Å²) in [5, 5.41) is 8.72. The summed E-state index contributed by atoms with van der Waals surface area (Å²) in [6.45, 7) is 7.45. The normalized spacial score (nSPS) is 11.0. The first-order valence-electron chi connectivity index (χ1n) is 10.8. The largest absolute Gasteiger partial charge is 0.444 e. The van der Waals surface area contributed by atoms with Crippen LogP contribution in [0.25, 0.3) is 0 Å². The summed E-state index contributed by atoms with van der Waals surface area (Å²) in [5.74, 6) is -0.128. The molecule has 9 nitrogen and oxygen atoms in total. The number of carbonyl (C=O) groups excluding carboxylic acids is 2. The van der Waals surface area contributed by atoms with Crippen molar-refractivity contribution >= 4 is 29.2 Å². The van der Waals surface area contributed by atoms with E-state index in [1.165, 1.54) is 17.0 Å². The predicted molar refractivity (Wildman–Crippen MR) is 139 cm³/mol. The fraction of sp³-hybridized carbons (Fsp3) is 0.280. The second kappa shape index (κ2) is 10.2. The van der Waals surface area contributed by atoms with E-state index < -0.39 is 17.6 Å². The van der Waals surface area contributed by atoms with Crippen molar-refractivity contribution in [3.05, 3.63) is 81.9 Å². The molecule has 184 valence electrons. The maximum absolute atomic E-state index is 12.9. The molecule has 0 bridgehead atoms. The van der Waals surface area contributed by atoms with Gasteiger partial charge < -0.3 is 19.9 Å². The number of aromatic nitrogens is 2. The van der Waals surface area contributed by atoms with E-state index in [1.54, 1.807) is 46.9 Å². The van der Waals surface area contributed by atoms with Gasteiger partial charge in [-0.2, -0.15) is 0 Å². The van der Waals surface area contributed by atoms with Crippen molar-refractivity contribution in [1.82, 2.24) is 9.55 Å². The van der Waals surface area contributed by atoms with Gasteiger partial charge in [0.1, 0.15) is 11.4 Å². The molecule has 3 N–H and O–H groups in total. The van der Waals surface area contributed by atoms with Crippen LogP contribution in [0.3, 0.4) is 0 Å². The zero-order valence-electron chi connectivity index (χ0n) is 19.9. The standard InChI is InChI=1S/C25H29N5O4.3H2/c1-16-11-18(15-30(5)23(16)32)22(31)28-20-14-27-21(29-24(33)34-25(2,3)4)12-19(20)26-13-17-9-7-6-8-10-17;;;/h6-12,14-15H,13H2,1-5H3,(H,28,31)(H2,26,27,29,33);3*1H. The molecule has 2 aromatic heterocycles. The lowest BCUT2D eigenvalue weighted by molar-refractivity contribution is 0.0635. The molecule has 3 aromatic rings. The summed E-state index contributed by atoms with van der Waals surface area (Å²) < 4.78 is 6.65. The van der Waals surface area contributed by atoms with Crippen LogP contribution in [0, 0.1) is 6.92 Å². The van der Waals surface area contributed by atoms with E-state index in [0.29, 0.717) is 29.0 Å². The number of hydrogen-bond acceptors (Lipinski definition) is 6. The van der Waals surface area contributed by atoms with Crippen LogP contribution in [0.15, 0.2) is 59.7 Å². The third-order valence-electron chi connectivity index (χ3n) is 4.73. The highest BCUT2D eigenvalue weighted by Crippen LogP contribution is 2.25. The number of nitrogens with zero attached hydrogens (tertiary/aromatic N) is 2. The molecule has 0 aliphatic rings. The Morgan fingerprint density at radius 1 is 1.09 bits per heavy atom. The van der Waals surface area contributed by atoms with Gasteiger partial charge in [0.05, 0.1) is 23.1 Å². The van der Waals surface area contributed by atoms with E-state index in [4.69, 9.17) is 4.74 Å². The number of amides is 2. The lowest BCUT2D eigenvalue weighted by atomic mass is 10.2. The number of nitrogens with one attached hydrogen (secondary N) is 3. The van der Waals surface area contributed by atoms with Crippen LogP contribution in [-0.2, 0) is 18.3 Å². The van der Waals surface area contributed by atoms with E-state index in [9.17, 15) is 14.4 Å². The first-order chi connectivity index (χ1) is 16.0. The molecule has 2 amide bonds. The number of ether oxygens (including phenoxy) is 1. The van der Waals surface area contributed by atoms with Gasteiger partial charge in [0.15, 0.2) is 0 Å². The van der Waals surface area contributed by atoms with Crippen molar-refractivity contribution < 1.29 is 18.6 Å². The summed E-state index contributed by atoms with van der Waals surface area (Å²) in [6.07, 6.45) is 2.30. The summed E-state index contributed by atoms with van der Waals surface area (Å²) >= 11 is 0.